The average molecular weight is 308 g/mol. The van der Waals surface area contributed by atoms with Crippen LogP contribution in [0.4, 0.5) is 0 Å². The lowest BCUT2D eigenvalue weighted by Gasteiger charge is -2.04. The summed E-state index contributed by atoms with van der Waals surface area (Å²) in [6.45, 7) is 4.04. The van der Waals surface area contributed by atoms with Crippen LogP contribution in [0.3, 0.4) is 0 Å². The molecule has 22 heavy (non-hydrogen) atoms. The van der Waals surface area contributed by atoms with E-state index >= 15 is 0 Å². The highest BCUT2D eigenvalue weighted by molar-refractivity contribution is 7.17. The number of thiophene rings is 1. The molecule has 3 aromatic heterocycles. The predicted molar refractivity (Wildman–Crippen MR) is 93.9 cm³/mol. The molecule has 0 aliphatic rings. The Balaban J connectivity index is 2.05. The second-order valence-corrected chi connectivity index (χ2v) is 6.57. The van der Waals surface area contributed by atoms with Crippen LogP contribution >= 0.6 is 11.3 Å². The van der Waals surface area contributed by atoms with Gasteiger partial charge < -0.3 is 5.73 Å². The number of hydrogen-bond donors (Lipinski definition) is 1. The number of amidine groups is 1. The van der Waals surface area contributed by atoms with Crippen molar-refractivity contribution in [2.45, 2.75) is 19.9 Å². The molecule has 2 N–H and O–H groups in total. The average Bonchev–Trinajstić information content (AvgIpc) is 3.08. The van der Waals surface area contributed by atoms with Gasteiger partial charge in [0.15, 0.2) is 0 Å². The first kappa shape index (κ1) is 13.3. The highest BCUT2D eigenvalue weighted by atomic mass is 32.1. The predicted octanol–water partition coefficient (Wildman–Crippen LogP) is 3.82. The molecule has 4 nitrogen and oxygen atoms in total. The first-order valence-electron chi connectivity index (χ1n) is 7.25. The molecule has 4 aromatic rings. The Labute approximate surface area is 131 Å². The fourth-order valence-electron chi connectivity index (χ4n) is 2.74. The molecule has 0 atom stereocenters. The van der Waals surface area contributed by atoms with Gasteiger partial charge in [0.25, 0.3) is 0 Å². The summed E-state index contributed by atoms with van der Waals surface area (Å²) >= 11 is 1.74. The lowest BCUT2D eigenvalue weighted by atomic mass is 10.2. The van der Waals surface area contributed by atoms with Gasteiger partial charge in [0.05, 0.1) is 21.3 Å². The van der Waals surface area contributed by atoms with Crippen LogP contribution in [-0.4, -0.2) is 21.3 Å². The molecule has 0 fully saturated rings. The molecular formula is C17H16N4S. The van der Waals surface area contributed by atoms with Gasteiger partial charge in [0.2, 0.25) is 0 Å². The number of aromatic nitrogens is 2. The Bertz CT molecular complexity index is 1020. The lowest BCUT2D eigenvalue weighted by Crippen LogP contribution is -2.15. The third kappa shape index (κ3) is 1.97. The molecule has 0 saturated heterocycles. The molecule has 0 saturated carbocycles. The molecule has 0 bridgehead atoms. The maximum Gasteiger partial charge on any atom is 0.138 e. The standard InChI is InChI=1S/C17H16N4S/c1-10(2)19-17(18)11-3-4-12-14(9-11)21-13-7-8-22-15(13)5-6-16(21)20-12/h3-10H,1-2H3,(H2,18,19). The summed E-state index contributed by atoms with van der Waals surface area (Å²) in [6.07, 6.45) is 0. The fourth-order valence-corrected chi connectivity index (χ4v) is 3.52. The molecule has 4 rings (SSSR count). The van der Waals surface area contributed by atoms with Crippen LogP contribution in [0.2, 0.25) is 0 Å². The Morgan fingerprint density at radius 2 is 2.05 bits per heavy atom. The third-order valence-corrected chi connectivity index (χ3v) is 4.54. The van der Waals surface area contributed by atoms with Crippen LogP contribution in [0.25, 0.3) is 26.9 Å². The maximum atomic E-state index is 6.11. The second-order valence-electron chi connectivity index (χ2n) is 5.62. The second kappa shape index (κ2) is 4.81. The first-order valence-corrected chi connectivity index (χ1v) is 8.13. The highest BCUT2D eigenvalue weighted by Crippen LogP contribution is 2.27. The molecule has 0 aliphatic carbocycles. The van der Waals surface area contributed by atoms with E-state index in [1.807, 2.05) is 26.0 Å². The minimum atomic E-state index is 0.182. The third-order valence-electron chi connectivity index (χ3n) is 3.67. The van der Waals surface area contributed by atoms with Gasteiger partial charge in [-0.1, -0.05) is 0 Å². The smallest absolute Gasteiger partial charge is 0.138 e. The Hall–Kier alpha value is -2.40. The molecule has 110 valence electrons. The summed E-state index contributed by atoms with van der Waals surface area (Å²) in [5.74, 6) is 0.573. The number of fused-ring (bicyclic) bond motifs is 5. The molecular weight excluding hydrogens is 292 g/mol. The van der Waals surface area contributed by atoms with Gasteiger partial charge in [0, 0.05) is 11.6 Å². The SMILES string of the molecule is CC(C)N=C(N)c1ccc2nc3ccc4sccc4n3c2c1. The van der Waals surface area contributed by atoms with E-state index in [1.54, 1.807) is 11.3 Å². The van der Waals surface area contributed by atoms with Crippen LogP contribution < -0.4 is 5.73 Å². The van der Waals surface area contributed by atoms with Crippen molar-refractivity contribution in [3.8, 4) is 0 Å². The van der Waals surface area contributed by atoms with Crippen molar-refractivity contribution in [3.63, 3.8) is 0 Å². The molecule has 1 aromatic carbocycles. The van der Waals surface area contributed by atoms with Crippen molar-refractivity contribution >= 4 is 44.1 Å². The van der Waals surface area contributed by atoms with E-state index in [0.717, 1.165) is 22.2 Å². The summed E-state index contributed by atoms with van der Waals surface area (Å²) in [7, 11) is 0. The van der Waals surface area contributed by atoms with Crippen molar-refractivity contribution < 1.29 is 0 Å². The van der Waals surface area contributed by atoms with E-state index in [9.17, 15) is 0 Å². The molecule has 0 aliphatic heterocycles. The Morgan fingerprint density at radius 3 is 2.86 bits per heavy atom. The number of hydrogen-bond acceptors (Lipinski definition) is 3. The first-order chi connectivity index (χ1) is 10.6. The van der Waals surface area contributed by atoms with Crippen molar-refractivity contribution in [1.82, 2.24) is 9.38 Å². The summed E-state index contributed by atoms with van der Waals surface area (Å²) in [6, 6.07) is 12.6. The van der Waals surface area contributed by atoms with E-state index in [1.165, 1.54) is 10.2 Å². The minimum absolute atomic E-state index is 0.182. The lowest BCUT2D eigenvalue weighted by molar-refractivity contribution is 0.834. The Morgan fingerprint density at radius 1 is 1.18 bits per heavy atom. The van der Waals surface area contributed by atoms with E-state index in [-0.39, 0.29) is 6.04 Å². The van der Waals surface area contributed by atoms with E-state index in [0.29, 0.717) is 5.84 Å². The minimum Gasteiger partial charge on any atom is -0.383 e. The zero-order chi connectivity index (χ0) is 15.3. The van der Waals surface area contributed by atoms with Gasteiger partial charge >= 0.3 is 0 Å². The topological polar surface area (TPSA) is 55.7 Å². The summed E-state index contributed by atoms with van der Waals surface area (Å²) in [4.78, 5) is 9.13. The fraction of sp³-hybridized carbons (Fsp3) is 0.176. The van der Waals surface area contributed by atoms with Crippen LogP contribution in [0.5, 0.6) is 0 Å². The molecule has 0 spiro atoms. The van der Waals surface area contributed by atoms with Crippen molar-refractivity contribution in [1.29, 1.82) is 0 Å². The van der Waals surface area contributed by atoms with Gasteiger partial charge in [-0.25, -0.2) is 4.98 Å². The monoisotopic (exact) mass is 308 g/mol. The number of imidazole rings is 1. The van der Waals surface area contributed by atoms with Gasteiger partial charge in [-0.2, -0.15) is 0 Å². The number of aliphatic imine (C=N–C) groups is 1. The molecule has 5 heteroatoms. The van der Waals surface area contributed by atoms with E-state index in [4.69, 9.17) is 10.7 Å². The quantitative estimate of drug-likeness (QED) is 0.452. The summed E-state index contributed by atoms with van der Waals surface area (Å²) in [5.41, 5.74) is 11.2. The van der Waals surface area contributed by atoms with Crippen molar-refractivity contribution in [2.24, 2.45) is 10.7 Å². The van der Waals surface area contributed by atoms with Crippen LogP contribution in [0.1, 0.15) is 19.4 Å². The number of pyridine rings is 1. The van der Waals surface area contributed by atoms with Gasteiger partial charge in [-0.05, 0) is 55.6 Å². The molecule has 3 heterocycles. The number of benzene rings is 1. The Kier molecular flexibility index (Phi) is 2.90. The number of nitrogens with zero attached hydrogens (tertiary/aromatic N) is 3. The molecule has 0 unspecified atom stereocenters. The molecule has 0 radical (unpaired) electrons. The van der Waals surface area contributed by atoms with Gasteiger partial charge in [-0.15, -0.1) is 11.3 Å². The van der Waals surface area contributed by atoms with Gasteiger partial charge in [0.1, 0.15) is 11.5 Å². The molecule has 0 amide bonds. The largest absolute Gasteiger partial charge is 0.383 e. The number of nitrogens with two attached hydrogens (primary N) is 1. The summed E-state index contributed by atoms with van der Waals surface area (Å²) in [5, 5.41) is 2.11. The van der Waals surface area contributed by atoms with Crippen LogP contribution in [-0.2, 0) is 0 Å². The van der Waals surface area contributed by atoms with Crippen molar-refractivity contribution in [2.75, 3.05) is 0 Å². The zero-order valence-electron chi connectivity index (χ0n) is 12.4. The van der Waals surface area contributed by atoms with Crippen molar-refractivity contribution in [3.05, 3.63) is 47.3 Å². The van der Waals surface area contributed by atoms with Crippen LogP contribution in [0, 0.1) is 0 Å². The number of rotatable bonds is 2. The highest BCUT2D eigenvalue weighted by Gasteiger charge is 2.10. The maximum absolute atomic E-state index is 6.11. The zero-order valence-corrected chi connectivity index (χ0v) is 13.3. The van der Waals surface area contributed by atoms with E-state index < -0.39 is 0 Å². The van der Waals surface area contributed by atoms with Crippen LogP contribution in [0.15, 0.2) is 46.8 Å². The summed E-state index contributed by atoms with van der Waals surface area (Å²) < 4.78 is 3.44. The normalized spacial score (nSPS) is 13.0. The van der Waals surface area contributed by atoms with E-state index in [2.05, 4.69) is 39.0 Å². The van der Waals surface area contributed by atoms with Gasteiger partial charge in [-0.3, -0.25) is 9.39 Å².